The summed E-state index contributed by atoms with van der Waals surface area (Å²) in [5.41, 5.74) is 1.18. The lowest BCUT2D eigenvalue weighted by atomic mass is 9.86. The molecule has 0 unspecified atom stereocenters. The van der Waals surface area contributed by atoms with Crippen molar-refractivity contribution in [2.45, 2.75) is 32.6 Å². The van der Waals surface area contributed by atoms with E-state index in [0.717, 1.165) is 11.8 Å². The lowest BCUT2D eigenvalue weighted by Gasteiger charge is -2.29. The van der Waals surface area contributed by atoms with Crippen LogP contribution in [0.2, 0.25) is 0 Å². The zero-order valence-corrected chi connectivity index (χ0v) is 15.9. The molecule has 0 aliphatic heterocycles. The summed E-state index contributed by atoms with van der Waals surface area (Å²) in [7, 11) is -1.99. The summed E-state index contributed by atoms with van der Waals surface area (Å²) in [5, 5.41) is 2.72. The summed E-state index contributed by atoms with van der Waals surface area (Å²) in [6.07, 6.45) is 1.80. The van der Waals surface area contributed by atoms with Crippen LogP contribution in [0.25, 0.3) is 0 Å². The van der Waals surface area contributed by atoms with Crippen LogP contribution in [-0.4, -0.2) is 47.4 Å². The van der Waals surface area contributed by atoms with Crippen LogP contribution in [0, 0.1) is 0 Å². The number of methoxy groups -OCH3 is 1. The fourth-order valence-electron chi connectivity index (χ4n) is 2.34. The van der Waals surface area contributed by atoms with E-state index >= 15 is 0 Å². The predicted octanol–water partition coefficient (Wildman–Crippen LogP) is 1.90. The lowest BCUT2D eigenvalue weighted by Crippen LogP contribution is -2.41. The highest BCUT2D eigenvalue weighted by molar-refractivity contribution is 7.92. The molecular weight excluding hydrogens is 328 g/mol. The maximum absolute atomic E-state index is 12.2. The molecule has 0 aliphatic rings. The van der Waals surface area contributed by atoms with Gasteiger partial charge in [0.15, 0.2) is 0 Å². The van der Waals surface area contributed by atoms with E-state index < -0.39 is 10.0 Å². The number of para-hydroxylation sites is 1. The number of carbonyl (C=O) groups excluding carboxylic acids is 1. The average Bonchev–Trinajstić information content (AvgIpc) is 2.47. The average molecular weight is 356 g/mol. The van der Waals surface area contributed by atoms with Crippen molar-refractivity contribution in [3.8, 4) is 0 Å². The number of amides is 1. The van der Waals surface area contributed by atoms with Gasteiger partial charge in [0, 0.05) is 20.3 Å². The Bertz CT molecular complexity index is 651. The number of sulfonamides is 1. The molecule has 1 rings (SSSR count). The number of hydrogen-bond donors (Lipinski definition) is 1. The van der Waals surface area contributed by atoms with Crippen LogP contribution in [0.5, 0.6) is 0 Å². The summed E-state index contributed by atoms with van der Waals surface area (Å²) in [4.78, 5) is 12.1. The first-order valence-electron chi connectivity index (χ1n) is 7.90. The summed E-state index contributed by atoms with van der Waals surface area (Å²) in [6, 6.07) is 7.28. The monoisotopic (exact) mass is 356 g/mol. The van der Waals surface area contributed by atoms with Crippen molar-refractivity contribution < 1.29 is 17.9 Å². The molecule has 1 aromatic rings. The molecular formula is C17H28N2O4S. The number of carbonyl (C=O) groups is 1. The van der Waals surface area contributed by atoms with Gasteiger partial charge in [-0.25, -0.2) is 8.42 Å². The minimum atomic E-state index is -3.58. The number of hydrogen-bond acceptors (Lipinski definition) is 4. The van der Waals surface area contributed by atoms with E-state index in [4.69, 9.17) is 4.74 Å². The minimum Gasteiger partial charge on any atom is -0.385 e. The third kappa shape index (κ3) is 6.13. The Kier molecular flexibility index (Phi) is 7.23. The van der Waals surface area contributed by atoms with Crippen LogP contribution in [0.15, 0.2) is 24.3 Å². The zero-order valence-electron chi connectivity index (χ0n) is 15.1. The van der Waals surface area contributed by atoms with Gasteiger partial charge in [-0.3, -0.25) is 9.10 Å². The van der Waals surface area contributed by atoms with E-state index in [2.05, 4.69) is 5.32 Å². The van der Waals surface area contributed by atoms with Gasteiger partial charge < -0.3 is 10.1 Å². The molecule has 1 aromatic carbocycles. The van der Waals surface area contributed by atoms with Crippen LogP contribution in [-0.2, 0) is 25.0 Å². The maximum atomic E-state index is 12.2. The number of nitrogens with one attached hydrogen (secondary N) is 1. The van der Waals surface area contributed by atoms with E-state index in [9.17, 15) is 13.2 Å². The summed E-state index contributed by atoms with van der Waals surface area (Å²) in [5.74, 6) is -0.333. The van der Waals surface area contributed by atoms with Crippen LogP contribution in [0.3, 0.4) is 0 Å². The highest BCUT2D eigenvalue weighted by Gasteiger charge is 2.27. The van der Waals surface area contributed by atoms with Crippen molar-refractivity contribution in [1.29, 1.82) is 0 Å². The first-order valence-corrected chi connectivity index (χ1v) is 9.75. The van der Waals surface area contributed by atoms with Crippen molar-refractivity contribution in [2.24, 2.45) is 0 Å². The van der Waals surface area contributed by atoms with Crippen LogP contribution < -0.4 is 9.62 Å². The highest BCUT2D eigenvalue weighted by atomic mass is 32.2. The number of ether oxygens (including phenoxy) is 1. The van der Waals surface area contributed by atoms with Crippen molar-refractivity contribution in [3.05, 3.63) is 29.8 Å². The van der Waals surface area contributed by atoms with Gasteiger partial charge in [-0.2, -0.15) is 0 Å². The van der Waals surface area contributed by atoms with Gasteiger partial charge in [0.25, 0.3) is 0 Å². The molecule has 0 aliphatic carbocycles. The van der Waals surface area contributed by atoms with Gasteiger partial charge in [0.2, 0.25) is 15.9 Å². The topological polar surface area (TPSA) is 75.7 Å². The standard InChI is InChI=1S/C17H28N2O4S/c1-17(2,3)14-9-6-7-10-15(14)19(24(5,21)22)13-16(20)18-11-8-12-23-4/h6-7,9-10H,8,11-13H2,1-5H3,(H,18,20). The maximum Gasteiger partial charge on any atom is 0.240 e. The van der Waals surface area contributed by atoms with Crippen molar-refractivity contribution in [2.75, 3.05) is 37.4 Å². The number of anilines is 1. The molecule has 0 spiro atoms. The van der Waals surface area contributed by atoms with Crippen LogP contribution in [0.4, 0.5) is 5.69 Å². The Labute approximate surface area is 145 Å². The van der Waals surface area contributed by atoms with Gasteiger partial charge in [0.05, 0.1) is 11.9 Å². The second-order valence-electron chi connectivity index (χ2n) is 6.73. The van der Waals surface area contributed by atoms with Gasteiger partial charge >= 0.3 is 0 Å². The summed E-state index contributed by atoms with van der Waals surface area (Å²) in [6.45, 7) is 6.79. The molecule has 0 bridgehead atoms. The number of rotatable bonds is 8. The van der Waals surface area contributed by atoms with Gasteiger partial charge in [0.1, 0.15) is 6.54 Å². The van der Waals surface area contributed by atoms with Crippen LogP contribution in [0.1, 0.15) is 32.8 Å². The molecule has 0 saturated carbocycles. The second kappa shape index (κ2) is 8.48. The second-order valence-corrected chi connectivity index (χ2v) is 8.64. The molecule has 24 heavy (non-hydrogen) atoms. The molecule has 1 N–H and O–H groups in total. The molecule has 0 aromatic heterocycles. The molecule has 6 nitrogen and oxygen atoms in total. The Morgan fingerprint density at radius 1 is 1.25 bits per heavy atom. The summed E-state index contributed by atoms with van der Waals surface area (Å²) >= 11 is 0. The van der Waals surface area contributed by atoms with Gasteiger partial charge in [-0.15, -0.1) is 0 Å². The molecule has 0 radical (unpaired) electrons. The van der Waals surface area contributed by atoms with E-state index in [1.54, 1.807) is 19.2 Å². The molecule has 7 heteroatoms. The molecule has 136 valence electrons. The van der Waals surface area contributed by atoms with Crippen LogP contribution >= 0.6 is 0 Å². The molecule has 1 amide bonds. The lowest BCUT2D eigenvalue weighted by molar-refractivity contribution is -0.119. The summed E-state index contributed by atoms with van der Waals surface area (Å²) < 4.78 is 30.6. The fraction of sp³-hybridized carbons (Fsp3) is 0.588. The largest absolute Gasteiger partial charge is 0.385 e. The normalized spacial score (nSPS) is 12.0. The van der Waals surface area contributed by atoms with Crippen molar-refractivity contribution >= 4 is 21.6 Å². The predicted molar refractivity (Wildman–Crippen MR) is 96.8 cm³/mol. The Morgan fingerprint density at radius 3 is 2.42 bits per heavy atom. The molecule has 0 atom stereocenters. The Hall–Kier alpha value is -1.60. The van der Waals surface area contributed by atoms with E-state index in [1.165, 1.54) is 4.31 Å². The van der Waals surface area contributed by atoms with Crippen molar-refractivity contribution in [3.63, 3.8) is 0 Å². The smallest absolute Gasteiger partial charge is 0.240 e. The highest BCUT2D eigenvalue weighted by Crippen LogP contribution is 2.32. The fourth-order valence-corrected chi connectivity index (χ4v) is 3.21. The number of benzene rings is 1. The SMILES string of the molecule is COCCCNC(=O)CN(c1ccccc1C(C)(C)C)S(C)(=O)=O. The van der Waals surface area contributed by atoms with Crippen molar-refractivity contribution in [1.82, 2.24) is 5.32 Å². The van der Waals surface area contributed by atoms with E-state index in [0.29, 0.717) is 25.3 Å². The minimum absolute atomic E-state index is 0.237. The third-order valence-corrected chi connectivity index (χ3v) is 4.64. The first-order chi connectivity index (χ1) is 11.1. The Morgan fingerprint density at radius 2 is 1.88 bits per heavy atom. The van der Waals surface area contributed by atoms with E-state index in [-0.39, 0.29) is 17.9 Å². The first kappa shape index (κ1) is 20.4. The zero-order chi connectivity index (χ0) is 18.4. The van der Waals surface area contributed by atoms with Gasteiger partial charge in [-0.1, -0.05) is 39.0 Å². The number of nitrogens with zero attached hydrogens (tertiary/aromatic N) is 1. The quantitative estimate of drug-likeness (QED) is 0.722. The molecule has 0 fully saturated rings. The van der Waals surface area contributed by atoms with E-state index in [1.807, 2.05) is 32.9 Å². The third-order valence-electron chi connectivity index (χ3n) is 3.52. The molecule has 0 saturated heterocycles. The molecule has 0 heterocycles. The van der Waals surface area contributed by atoms with Gasteiger partial charge in [-0.05, 0) is 23.5 Å². The Balaban J connectivity index is 3.03.